The Morgan fingerprint density at radius 2 is 1.66 bits per heavy atom. The van der Waals surface area contributed by atoms with Gasteiger partial charge in [0.2, 0.25) is 5.91 Å². The third-order valence-corrected chi connectivity index (χ3v) is 5.16. The van der Waals surface area contributed by atoms with Gasteiger partial charge in [0.05, 0.1) is 17.1 Å². The molecular weight excluding hydrogens is 407 g/mol. The van der Waals surface area contributed by atoms with Crippen molar-refractivity contribution in [2.45, 2.75) is 26.1 Å². The van der Waals surface area contributed by atoms with Crippen molar-refractivity contribution < 1.29 is 14.0 Å². The van der Waals surface area contributed by atoms with E-state index in [-0.39, 0.29) is 24.2 Å². The minimum Gasteiger partial charge on any atom is -0.350 e. The Hall–Kier alpha value is -4.00. The molecule has 4 aromatic rings. The van der Waals surface area contributed by atoms with E-state index in [0.29, 0.717) is 17.9 Å². The van der Waals surface area contributed by atoms with E-state index in [1.54, 1.807) is 36.4 Å². The molecule has 2 amide bonds. The second-order valence-corrected chi connectivity index (χ2v) is 7.51. The Balaban J connectivity index is 1.52. The SMILES string of the molecule is CC(NC(=O)c1ccccc1)c1nc2ccccc2n1CC(=O)NCc1ccc(F)cc1. The molecule has 6 nitrogen and oxygen atoms in total. The molecule has 3 aromatic carbocycles. The summed E-state index contributed by atoms with van der Waals surface area (Å²) in [6, 6.07) is 22.1. The highest BCUT2D eigenvalue weighted by molar-refractivity contribution is 5.94. The van der Waals surface area contributed by atoms with Crippen LogP contribution in [0.15, 0.2) is 78.9 Å². The lowest BCUT2D eigenvalue weighted by molar-refractivity contribution is -0.121. The molecule has 0 aliphatic heterocycles. The van der Waals surface area contributed by atoms with Crippen molar-refractivity contribution in [1.29, 1.82) is 0 Å². The van der Waals surface area contributed by atoms with E-state index in [1.807, 2.05) is 41.8 Å². The quantitative estimate of drug-likeness (QED) is 0.466. The second-order valence-electron chi connectivity index (χ2n) is 7.51. The zero-order valence-electron chi connectivity index (χ0n) is 17.6. The monoisotopic (exact) mass is 430 g/mol. The molecule has 0 spiro atoms. The molecular formula is C25H23FN4O2. The van der Waals surface area contributed by atoms with Crippen LogP contribution in [0.2, 0.25) is 0 Å². The number of fused-ring (bicyclic) bond motifs is 1. The number of amides is 2. The average Bonchev–Trinajstić information content (AvgIpc) is 3.18. The summed E-state index contributed by atoms with van der Waals surface area (Å²) in [5.74, 6) is -0.147. The van der Waals surface area contributed by atoms with Gasteiger partial charge in [0.25, 0.3) is 5.91 Å². The van der Waals surface area contributed by atoms with Gasteiger partial charge in [0.1, 0.15) is 18.2 Å². The Kier molecular flexibility index (Phi) is 6.26. The van der Waals surface area contributed by atoms with Gasteiger partial charge in [-0.05, 0) is 48.9 Å². The number of aromatic nitrogens is 2. The van der Waals surface area contributed by atoms with Crippen LogP contribution in [0.25, 0.3) is 11.0 Å². The minimum atomic E-state index is -0.417. The summed E-state index contributed by atoms with van der Waals surface area (Å²) in [6.45, 7) is 2.18. The lowest BCUT2D eigenvalue weighted by atomic mass is 10.2. The second kappa shape index (κ2) is 9.43. The maximum Gasteiger partial charge on any atom is 0.251 e. The predicted molar refractivity (Wildman–Crippen MR) is 120 cm³/mol. The van der Waals surface area contributed by atoms with E-state index in [2.05, 4.69) is 15.6 Å². The number of benzene rings is 3. The third kappa shape index (κ3) is 4.83. The maximum atomic E-state index is 13.1. The molecule has 0 aliphatic rings. The Bertz CT molecular complexity index is 1240. The van der Waals surface area contributed by atoms with E-state index >= 15 is 0 Å². The molecule has 0 saturated carbocycles. The van der Waals surface area contributed by atoms with Crippen molar-refractivity contribution in [3.8, 4) is 0 Å². The zero-order valence-corrected chi connectivity index (χ0v) is 17.6. The molecule has 4 rings (SSSR count). The largest absolute Gasteiger partial charge is 0.350 e. The van der Waals surface area contributed by atoms with E-state index in [4.69, 9.17) is 0 Å². The van der Waals surface area contributed by atoms with Crippen LogP contribution < -0.4 is 10.6 Å². The number of nitrogens with one attached hydrogen (secondary N) is 2. The van der Waals surface area contributed by atoms with Crippen molar-refractivity contribution in [2.24, 2.45) is 0 Å². The maximum absolute atomic E-state index is 13.1. The van der Waals surface area contributed by atoms with E-state index in [9.17, 15) is 14.0 Å². The molecule has 0 radical (unpaired) electrons. The number of carbonyl (C=O) groups is 2. The number of imidazole rings is 1. The lowest BCUT2D eigenvalue weighted by Gasteiger charge is -2.16. The van der Waals surface area contributed by atoms with Crippen LogP contribution in [0.5, 0.6) is 0 Å². The Morgan fingerprint density at radius 3 is 2.41 bits per heavy atom. The van der Waals surface area contributed by atoms with E-state index < -0.39 is 6.04 Å². The van der Waals surface area contributed by atoms with Crippen LogP contribution >= 0.6 is 0 Å². The lowest BCUT2D eigenvalue weighted by Crippen LogP contribution is -2.31. The van der Waals surface area contributed by atoms with Gasteiger partial charge in [-0.3, -0.25) is 9.59 Å². The topological polar surface area (TPSA) is 76.0 Å². The predicted octanol–water partition coefficient (Wildman–Crippen LogP) is 3.98. The van der Waals surface area contributed by atoms with Crippen LogP contribution in [0.3, 0.4) is 0 Å². The number of para-hydroxylation sites is 2. The molecule has 32 heavy (non-hydrogen) atoms. The molecule has 2 N–H and O–H groups in total. The van der Waals surface area contributed by atoms with Gasteiger partial charge in [-0.15, -0.1) is 0 Å². The molecule has 162 valence electrons. The van der Waals surface area contributed by atoms with Crippen LogP contribution in [0.1, 0.15) is 34.7 Å². The summed E-state index contributed by atoms with van der Waals surface area (Å²) in [6.07, 6.45) is 0. The van der Waals surface area contributed by atoms with Crippen molar-refractivity contribution in [2.75, 3.05) is 0 Å². The fourth-order valence-electron chi connectivity index (χ4n) is 3.53. The molecule has 1 unspecified atom stereocenters. The van der Waals surface area contributed by atoms with Gasteiger partial charge < -0.3 is 15.2 Å². The molecule has 0 bridgehead atoms. The molecule has 1 atom stereocenters. The number of rotatable bonds is 7. The van der Waals surface area contributed by atoms with Crippen molar-refractivity contribution >= 4 is 22.8 Å². The van der Waals surface area contributed by atoms with Crippen LogP contribution in [0, 0.1) is 5.82 Å². The number of nitrogens with zero attached hydrogens (tertiary/aromatic N) is 2. The molecule has 7 heteroatoms. The fraction of sp³-hybridized carbons (Fsp3) is 0.160. The smallest absolute Gasteiger partial charge is 0.251 e. The highest BCUT2D eigenvalue weighted by atomic mass is 19.1. The first-order valence-electron chi connectivity index (χ1n) is 10.3. The van der Waals surface area contributed by atoms with Crippen molar-refractivity contribution in [1.82, 2.24) is 20.2 Å². The third-order valence-electron chi connectivity index (χ3n) is 5.16. The molecule has 1 heterocycles. The molecule has 0 aliphatic carbocycles. The highest BCUT2D eigenvalue weighted by Gasteiger charge is 2.20. The number of hydrogen-bond donors (Lipinski definition) is 2. The first kappa shape index (κ1) is 21.2. The first-order valence-corrected chi connectivity index (χ1v) is 10.3. The van der Waals surface area contributed by atoms with Gasteiger partial charge >= 0.3 is 0 Å². The van der Waals surface area contributed by atoms with Gasteiger partial charge in [-0.2, -0.15) is 0 Å². The van der Waals surface area contributed by atoms with E-state index in [1.165, 1.54) is 12.1 Å². The first-order chi connectivity index (χ1) is 15.5. The number of hydrogen-bond acceptors (Lipinski definition) is 3. The Morgan fingerprint density at radius 1 is 0.969 bits per heavy atom. The van der Waals surface area contributed by atoms with E-state index in [0.717, 1.165) is 16.6 Å². The minimum absolute atomic E-state index is 0.0442. The van der Waals surface area contributed by atoms with Gasteiger partial charge in [0, 0.05) is 12.1 Å². The van der Waals surface area contributed by atoms with Gasteiger partial charge in [-0.1, -0.05) is 42.5 Å². The zero-order chi connectivity index (χ0) is 22.5. The van der Waals surface area contributed by atoms with Crippen LogP contribution in [-0.4, -0.2) is 21.4 Å². The van der Waals surface area contributed by atoms with Crippen LogP contribution in [-0.2, 0) is 17.9 Å². The molecule has 1 aromatic heterocycles. The summed E-state index contributed by atoms with van der Waals surface area (Å²) in [5, 5.41) is 5.82. The summed E-state index contributed by atoms with van der Waals surface area (Å²) in [4.78, 5) is 30.0. The molecule has 0 fully saturated rings. The average molecular weight is 430 g/mol. The summed E-state index contributed by atoms with van der Waals surface area (Å²) < 4.78 is 14.9. The fourth-order valence-corrected chi connectivity index (χ4v) is 3.53. The summed E-state index contributed by atoms with van der Waals surface area (Å²) >= 11 is 0. The Labute approximate surface area is 185 Å². The summed E-state index contributed by atoms with van der Waals surface area (Å²) in [7, 11) is 0. The van der Waals surface area contributed by atoms with Gasteiger partial charge in [0.15, 0.2) is 0 Å². The van der Waals surface area contributed by atoms with Gasteiger partial charge in [-0.25, -0.2) is 9.37 Å². The highest BCUT2D eigenvalue weighted by Crippen LogP contribution is 2.21. The van der Waals surface area contributed by atoms with Crippen LogP contribution in [0.4, 0.5) is 4.39 Å². The molecule has 0 saturated heterocycles. The van der Waals surface area contributed by atoms with Crippen molar-refractivity contribution in [3.63, 3.8) is 0 Å². The van der Waals surface area contributed by atoms with Crippen molar-refractivity contribution in [3.05, 3.63) is 102 Å². The number of halogens is 1. The normalized spacial score (nSPS) is 11.8. The number of carbonyl (C=O) groups excluding carboxylic acids is 2. The summed E-state index contributed by atoms with van der Waals surface area (Å²) in [5.41, 5.74) is 2.91. The standard InChI is InChI=1S/C25H23FN4O2/c1-17(28-25(32)19-7-3-2-4-8-19)24-29-21-9-5-6-10-22(21)30(24)16-23(31)27-15-18-11-13-20(26)14-12-18/h2-14,17H,15-16H2,1H3,(H,27,31)(H,28,32).